The molecule has 17 heavy (non-hydrogen) atoms. The Morgan fingerprint density at radius 1 is 1.00 bits per heavy atom. The molecule has 0 amide bonds. The van der Waals surface area contributed by atoms with E-state index in [0.29, 0.717) is 5.69 Å². The van der Waals surface area contributed by atoms with Crippen LogP contribution in [0, 0.1) is 27.6 Å². The first-order valence-corrected chi connectivity index (χ1v) is 5.55. The molecule has 0 fully saturated rings. The summed E-state index contributed by atoms with van der Waals surface area (Å²) in [6, 6.07) is 8.89. The van der Waals surface area contributed by atoms with E-state index in [4.69, 9.17) is 8.22 Å². The molecule has 1 aromatic carbocycles. The van der Waals surface area contributed by atoms with Crippen LogP contribution in [0.5, 0.6) is 0 Å². The van der Waals surface area contributed by atoms with Gasteiger partial charge in [0.25, 0.3) is 0 Å². The molecule has 0 aliphatic carbocycles. The standard InChI is InChI=1S/C16H20N/c1-11-7-6-8-15(13(11)3)16-10-9-12(2)14(4)17(16)5/h6-10H,1-5H3/q+1/i2D3,4D3. The van der Waals surface area contributed by atoms with Gasteiger partial charge in [-0.25, -0.2) is 0 Å². The third-order valence-corrected chi connectivity index (χ3v) is 3.24. The summed E-state index contributed by atoms with van der Waals surface area (Å²) < 4.78 is 47.6. The van der Waals surface area contributed by atoms with Gasteiger partial charge < -0.3 is 0 Å². The quantitative estimate of drug-likeness (QED) is 0.663. The van der Waals surface area contributed by atoms with Crippen molar-refractivity contribution in [3.8, 4) is 11.3 Å². The van der Waals surface area contributed by atoms with Crippen LogP contribution < -0.4 is 4.57 Å². The molecule has 88 valence electrons. The van der Waals surface area contributed by atoms with Gasteiger partial charge >= 0.3 is 0 Å². The van der Waals surface area contributed by atoms with Gasteiger partial charge in [0.05, 0.1) is 0 Å². The van der Waals surface area contributed by atoms with Gasteiger partial charge in [0, 0.05) is 32.3 Å². The second-order valence-electron chi connectivity index (χ2n) is 4.29. The molecule has 0 saturated heterocycles. The molecule has 2 aromatic rings. The Morgan fingerprint density at radius 2 is 1.82 bits per heavy atom. The highest BCUT2D eigenvalue weighted by molar-refractivity contribution is 5.62. The molecule has 1 aromatic heterocycles. The van der Waals surface area contributed by atoms with Crippen molar-refractivity contribution < 1.29 is 12.8 Å². The number of nitrogens with zero attached hydrogens (tertiary/aromatic N) is 1. The third-order valence-electron chi connectivity index (χ3n) is 3.24. The first-order valence-electron chi connectivity index (χ1n) is 8.55. The molecular weight excluding hydrogens is 206 g/mol. The molecule has 0 saturated carbocycles. The summed E-state index contributed by atoms with van der Waals surface area (Å²) in [5, 5.41) is 0. The Kier molecular flexibility index (Phi) is 1.61. The van der Waals surface area contributed by atoms with E-state index in [9.17, 15) is 0 Å². The fraction of sp³-hybridized carbons (Fsp3) is 0.312. The van der Waals surface area contributed by atoms with Crippen LogP contribution in [0.4, 0.5) is 0 Å². The van der Waals surface area contributed by atoms with Crippen LogP contribution in [0.2, 0.25) is 0 Å². The first kappa shape index (κ1) is 6.34. The minimum atomic E-state index is -2.51. The highest BCUT2D eigenvalue weighted by Crippen LogP contribution is 2.23. The van der Waals surface area contributed by atoms with E-state index >= 15 is 0 Å². The summed E-state index contributed by atoms with van der Waals surface area (Å²) >= 11 is 0. The molecule has 0 radical (unpaired) electrons. The van der Waals surface area contributed by atoms with E-state index in [1.807, 2.05) is 32.0 Å². The molecule has 0 atom stereocenters. The maximum absolute atomic E-state index is 7.75. The van der Waals surface area contributed by atoms with Gasteiger partial charge in [0.2, 0.25) is 5.69 Å². The Morgan fingerprint density at radius 3 is 2.53 bits per heavy atom. The normalized spacial score (nSPS) is 17.4. The largest absolute Gasteiger partial charge is 0.212 e. The van der Waals surface area contributed by atoms with Crippen molar-refractivity contribution >= 4 is 0 Å². The Balaban J connectivity index is 2.82. The lowest BCUT2D eigenvalue weighted by Crippen LogP contribution is -2.35. The van der Waals surface area contributed by atoms with Crippen LogP contribution in [-0.2, 0) is 7.05 Å². The van der Waals surface area contributed by atoms with Crippen molar-refractivity contribution in [1.29, 1.82) is 0 Å². The molecule has 2 rings (SSSR count). The molecule has 0 N–H and O–H groups in total. The highest BCUT2D eigenvalue weighted by atomic mass is 14.9. The summed E-state index contributed by atoms with van der Waals surface area (Å²) in [5.41, 5.74) is 3.45. The van der Waals surface area contributed by atoms with Gasteiger partial charge in [0.1, 0.15) is 7.05 Å². The maximum atomic E-state index is 7.75. The molecule has 0 spiro atoms. The number of hydrogen-bond acceptors (Lipinski definition) is 0. The number of aromatic nitrogens is 1. The lowest BCUT2D eigenvalue weighted by molar-refractivity contribution is -0.667. The Labute approximate surface area is 112 Å². The highest BCUT2D eigenvalue weighted by Gasteiger charge is 2.15. The maximum Gasteiger partial charge on any atom is 0.212 e. The molecule has 0 unspecified atom stereocenters. The lowest BCUT2D eigenvalue weighted by atomic mass is 9.99. The van der Waals surface area contributed by atoms with E-state index in [1.165, 1.54) is 10.6 Å². The third kappa shape index (κ3) is 1.97. The number of pyridine rings is 1. The summed E-state index contributed by atoms with van der Waals surface area (Å²) in [4.78, 5) is 0. The van der Waals surface area contributed by atoms with Crippen LogP contribution >= 0.6 is 0 Å². The number of rotatable bonds is 1. The molecule has 1 heterocycles. The van der Waals surface area contributed by atoms with E-state index < -0.39 is 13.7 Å². The second kappa shape index (κ2) is 4.33. The monoisotopic (exact) mass is 232 g/mol. The fourth-order valence-corrected chi connectivity index (χ4v) is 1.95. The number of benzene rings is 1. The van der Waals surface area contributed by atoms with Gasteiger partial charge in [-0.3, -0.25) is 0 Å². The first-order chi connectivity index (χ1) is 10.4. The van der Waals surface area contributed by atoms with Gasteiger partial charge in [-0.1, -0.05) is 12.1 Å². The van der Waals surface area contributed by atoms with Crippen LogP contribution in [0.1, 0.15) is 30.6 Å². The van der Waals surface area contributed by atoms with Crippen molar-refractivity contribution in [2.75, 3.05) is 0 Å². The molecule has 0 aliphatic rings. The van der Waals surface area contributed by atoms with Gasteiger partial charge in [-0.2, -0.15) is 4.57 Å². The minimum Gasteiger partial charge on any atom is -0.198 e. The minimum absolute atomic E-state index is 0.131. The number of aryl methyl sites for hydroxylation is 2. The topological polar surface area (TPSA) is 3.88 Å². The molecule has 1 nitrogen and oxygen atoms in total. The van der Waals surface area contributed by atoms with E-state index in [-0.39, 0.29) is 11.3 Å². The predicted octanol–water partition coefficient (Wildman–Crippen LogP) is 3.41. The summed E-state index contributed by atoms with van der Waals surface area (Å²) in [7, 11) is 1.61. The average Bonchev–Trinajstić information content (AvgIpc) is 2.39. The molecular formula is C16H20N+. The van der Waals surface area contributed by atoms with Gasteiger partial charge in [0.15, 0.2) is 5.69 Å². The van der Waals surface area contributed by atoms with Crippen molar-refractivity contribution in [3.63, 3.8) is 0 Å². The molecule has 0 aliphatic heterocycles. The Bertz CT molecular complexity index is 743. The zero-order valence-corrected chi connectivity index (χ0v) is 10.3. The SMILES string of the molecule is [2H]C([2H])([2H])c1ccc(-c2cccc(C)c2C)[n+](C)c1C([2H])([2H])[2H]. The number of hydrogen-bond donors (Lipinski definition) is 0. The second-order valence-corrected chi connectivity index (χ2v) is 4.29. The van der Waals surface area contributed by atoms with Crippen LogP contribution in [-0.4, -0.2) is 0 Å². The predicted molar refractivity (Wildman–Crippen MR) is 72.0 cm³/mol. The zero-order chi connectivity index (χ0) is 17.6. The summed E-state index contributed by atoms with van der Waals surface area (Å²) in [5.74, 6) is 0. The summed E-state index contributed by atoms with van der Waals surface area (Å²) in [6.07, 6.45) is 0. The average molecular weight is 232 g/mol. The van der Waals surface area contributed by atoms with E-state index in [1.54, 1.807) is 13.1 Å². The van der Waals surface area contributed by atoms with Crippen molar-refractivity contribution in [3.05, 3.63) is 52.7 Å². The molecule has 1 heteroatoms. The van der Waals surface area contributed by atoms with Gasteiger partial charge in [-0.05, 0) is 44.0 Å². The van der Waals surface area contributed by atoms with Crippen LogP contribution in [0.25, 0.3) is 11.3 Å². The fourth-order valence-electron chi connectivity index (χ4n) is 1.95. The van der Waals surface area contributed by atoms with Gasteiger partial charge in [-0.15, -0.1) is 0 Å². The Hall–Kier alpha value is -1.63. The van der Waals surface area contributed by atoms with Crippen molar-refractivity contribution in [1.82, 2.24) is 0 Å². The van der Waals surface area contributed by atoms with Crippen LogP contribution in [0.15, 0.2) is 30.3 Å². The summed E-state index contributed by atoms with van der Waals surface area (Å²) in [6.45, 7) is -1.02. The van der Waals surface area contributed by atoms with Crippen molar-refractivity contribution in [2.45, 2.75) is 27.6 Å². The molecule has 0 bridgehead atoms. The smallest absolute Gasteiger partial charge is 0.198 e. The lowest BCUT2D eigenvalue weighted by Gasteiger charge is -2.09. The van der Waals surface area contributed by atoms with Crippen LogP contribution in [0.3, 0.4) is 0 Å². The zero-order valence-electron chi connectivity index (χ0n) is 16.3. The van der Waals surface area contributed by atoms with E-state index in [0.717, 1.165) is 16.7 Å². The van der Waals surface area contributed by atoms with E-state index in [2.05, 4.69) is 0 Å². The van der Waals surface area contributed by atoms with Crippen molar-refractivity contribution in [2.24, 2.45) is 7.05 Å².